The van der Waals surface area contributed by atoms with Gasteiger partial charge in [0.1, 0.15) is 5.52 Å². The fourth-order valence-corrected chi connectivity index (χ4v) is 7.05. The summed E-state index contributed by atoms with van der Waals surface area (Å²) in [5, 5.41) is 13.0. The molecule has 2 aromatic heterocycles. The Labute approximate surface area is 263 Å². The van der Waals surface area contributed by atoms with Gasteiger partial charge in [-0.3, -0.25) is 14.3 Å². The zero-order valence-electron chi connectivity index (χ0n) is 27.3. The maximum atomic E-state index is 13.2. The predicted molar refractivity (Wildman–Crippen MR) is 178 cm³/mol. The van der Waals surface area contributed by atoms with Crippen LogP contribution >= 0.6 is 7.60 Å². The third kappa shape index (κ3) is 16.0. The van der Waals surface area contributed by atoms with Gasteiger partial charge in [-0.1, -0.05) is 90.4 Å². The van der Waals surface area contributed by atoms with Gasteiger partial charge >= 0.3 is 13.3 Å². The van der Waals surface area contributed by atoms with Crippen LogP contribution in [-0.4, -0.2) is 65.3 Å². The maximum Gasteiger partial charge on any atom is 0.330 e. The van der Waals surface area contributed by atoms with Gasteiger partial charge in [0.25, 0.3) is 5.56 Å². The highest BCUT2D eigenvalue weighted by atomic mass is 31.2. The number of rotatable bonds is 29. The molecule has 1 unspecified atom stereocenters. The summed E-state index contributed by atoms with van der Waals surface area (Å²) in [6.07, 6.45) is 21.5. The van der Waals surface area contributed by atoms with Crippen molar-refractivity contribution in [1.82, 2.24) is 20.3 Å². The first kappa shape index (κ1) is 38.4. The number of aromatic nitrogens is 3. The second-order valence-electron chi connectivity index (χ2n) is 11.7. The van der Waals surface area contributed by atoms with Crippen molar-refractivity contribution in [2.45, 2.75) is 129 Å². The Hall–Kier alpha value is -1.75. The van der Waals surface area contributed by atoms with Crippen molar-refractivity contribution in [3.05, 3.63) is 32.6 Å². The molecule has 0 spiro atoms. The molecule has 0 aromatic carbocycles. The highest BCUT2D eigenvalue weighted by Gasteiger charge is 2.25. The van der Waals surface area contributed by atoms with Gasteiger partial charge in [-0.05, 0) is 26.2 Å². The van der Waals surface area contributed by atoms with Crippen LogP contribution in [0.5, 0.6) is 0 Å². The average Bonchev–Trinajstić information content (AvgIpc) is 3.41. The monoisotopic (exact) mass is 642 g/mol. The number of nitrogens with one attached hydrogen (secondary N) is 4. The van der Waals surface area contributed by atoms with E-state index in [0.29, 0.717) is 37.1 Å². The molecule has 0 radical (unpaired) electrons. The van der Waals surface area contributed by atoms with Gasteiger partial charge in [0.2, 0.25) is 0 Å². The minimum absolute atomic E-state index is 0.156. The van der Waals surface area contributed by atoms with Gasteiger partial charge in [0.15, 0.2) is 0 Å². The van der Waals surface area contributed by atoms with Crippen LogP contribution in [-0.2, 0) is 24.9 Å². The summed E-state index contributed by atoms with van der Waals surface area (Å²) in [6, 6.07) is -0.375. The molecule has 11 nitrogen and oxygen atoms in total. The molecule has 0 aliphatic rings. The Bertz CT molecular complexity index is 1170. The lowest BCUT2D eigenvalue weighted by Gasteiger charge is -2.21. The summed E-state index contributed by atoms with van der Waals surface area (Å²) < 4.78 is 30.2. The van der Waals surface area contributed by atoms with E-state index in [-0.39, 0.29) is 37.5 Å². The fraction of sp³-hybridized carbons (Fsp3) is 0.812. The molecule has 2 aromatic rings. The van der Waals surface area contributed by atoms with E-state index in [1.54, 1.807) is 13.1 Å². The van der Waals surface area contributed by atoms with Crippen molar-refractivity contribution in [3.8, 4) is 0 Å². The number of ether oxygens (including phenoxy) is 1. The average molecular weight is 643 g/mol. The summed E-state index contributed by atoms with van der Waals surface area (Å²) in [7, 11) is -3.32. The molecule has 2 heterocycles. The molecule has 0 aliphatic carbocycles. The maximum absolute atomic E-state index is 13.2. The lowest BCUT2D eigenvalue weighted by Crippen LogP contribution is -2.33. The lowest BCUT2D eigenvalue weighted by atomic mass is 10.0. The van der Waals surface area contributed by atoms with E-state index in [9.17, 15) is 19.3 Å². The van der Waals surface area contributed by atoms with Gasteiger partial charge in [-0.15, -0.1) is 0 Å². The Balaban J connectivity index is 1.51. The summed E-state index contributed by atoms with van der Waals surface area (Å²) in [4.78, 5) is 31.2. The molecule has 12 heteroatoms. The minimum Gasteiger partial charge on any atom is -0.395 e. The Kier molecular flexibility index (Phi) is 20.6. The summed E-state index contributed by atoms with van der Waals surface area (Å²) in [6.45, 7) is 6.00. The normalized spacial score (nSPS) is 13.9. The van der Waals surface area contributed by atoms with E-state index in [4.69, 9.17) is 13.8 Å². The van der Waals surface area contributed by atoms with Crippen molar-refractivity contribution >= 4 is 18.6 Å². The Morgan fingerprint density at radius 2 is 1.41 bits per heavy atom. The van der Waals surface area contributed by atoms with Crippen LogP contribution in [0.15, 0.2) is 15.8 Å². The molecule has 254 valence electrons. The third-order valence-corrected chi connectivity index (χ3v) is 9.93. The quantitative estimate of drug-likeness (QED) is 0.0496. The largest absolute Gasteiger partial charge is 0.395 e. The number of H-pyrrole nitrogens is 3. The lowest BCUT2D eigenvalue weighted by molar-refractivity contribution is 0.111. The van der Waals surface area contributed by atoms with Gasteiger partial charge in [0, 0.05) is 37.6 Å². The van der Waals surface area contributed by atoms with Crippen LogP contribution in [0.3, 0.4) is 0 Å². The van der Waals surface area contributed by atoms with Crippen LogP contribution in [0.1, 0.15) is 122 Å². The number of aliphatic hydroxyl groups is 1. The molecular formula is C32H59N4O7P. The first-order valence-electron chi connectivity index (χ1n) is 17.0. The number of hydrogen-bond acceptors (Lipinski definition) is 8. The molecule has 0 saturated heterocycles. The molecule has 0 amide bonds. The van der Waals surface area contributed by atoms with Crippen LogP contribution in [0.4, 0.5) is 0 Å². The van der Waals surface area contributed by atoms with E-state index < -0.39 is 18.8 Å². The van der Waals surface area contributed by atoms with E-state index in [0.717, 1.165) is 13.0 Å². The summed E-state index contributed by atoms with van der Waals surface area (Å²) >= 11 is 0. The number of aliphatic hydroxyl groups excluding tert-OH is 1. The molecule has 44 heavy (non-hydrogen) atoms. The minimum atomic E-state index is -3.32. The van der Waals surface area contributed by atoms with Crippen molar-refractivity contribution in [1.29, 1.82) is 0 Å². The van der Waals surface area contributed by atoms with E-state index in [2.05, 4.69) is 27.2 Å². The van der Waals surface area contributed by atoms with Crippen LogP contribution in [0, 0.1) is 0 Å². The highest BCUT2D eigenvalue weighted by Crippen LogP contribution is 2.48. The zero-order valence-corrected chi connectivity index (χ0v) is 28.2. The molecular weight excluding hydrogens is 583 g/mol. The summed E-state index contributed by atoms with van der Waals surface area (Å²) in [5.41, 5.74) is 0.290. The fourth-order valence-electron chi connectivity index (χ4n) is 5.29. The summed E-state index contributed by atoms with van der Waals surface area (Å²) in [5.74, 6) is 0. The molecule has 2 rings (SSSR count). The van der Waals surface area contributed by atoms with Gasteiger partial charge in [-0.2, -0.15) is 0 Å². The number of aromatic amines is 3. The van der Waals surface area contributed by atoms with Crippen molar-refractivity contribution in [2.24, 2.45) is 0 Å². The zero-order chi connectivity index (χ0) is 31.9. The van der Waals surface area contributed by atoms with Crippen molar-refractivity contribution in [2.75, 3.05) is 39.2 Å². The molecule has 0 saturated carbocycles. The first-order valence-corrected chi connectivity index (χ1v) is 18.8. The molecule has 2 atom stereocenters. The van der Waals surface area contributed by atoms with E-state index in [1.807, 2.05) is 0 Å². The van der Waals surface area contributed by atoms with Gasteiger partial charge in [-0.25, -0.2) is 4.79 Å². The van der Waals surface area contributed by atoms with Crippen LogP contribution in [0.25, 0.3) is 11.0 Å². The van der Waals surface area contributed by atoms with Gasteiger partial charge in [0.05, 0.1) is 31.5 Å². The molecule has 0 fully saturated rings. The Morgan fingerprint density at radius 3 is 2.02 bits per heavy atom. The highest BCUT2D eigenvalue weighted by molar-refractivity contribution is 7.53. The molecule has 5 N–H and O–H groups in total. The van der Waals surface area contributed by atoms with E-state index in [1.165, 1.54) is 83.5 Å². The predicted octanol–water partition coefficient (Wildman–Crippen LogP) is 6.52. The van der Waals surface area contributed by atoms with E-state index >= 15 is 0 Å². The van der Waals surface area contributed by atoms with Gasteiger partial charge < -0.3 is 34.2 Å². The topological polar surface area (TPSA) is 159 Å². The Morgan fingerprint density at radius 1 is 0.795 bits per heavy atom. The molecule has 0 bridgehead atoms. The first-order chi connectivity index (χ1) is 21.4. The smallest absolute Gasteiger partial charge is 0.330 e. The number of hydrogen-bond donors (Lipinski definition) is 5. The van der Waals surface area contributed by atoms with Crippen molar-refractivity contribution in [3.63, 3.8) is 0 Å². The molecule has 0 aliphatic heterocycles. The number of fused-ring (bicyclic) bond motifs is 1. The third-order valence-electron chi connectivity index (χ3n) is 7.90. The second-order valence-corrected chi connectivity index (χ2v) is 13.9. The van der Waals surface area contributed by atoms with Crippen molar-refractivity contribution < 1.29 is 23.5 Å². The standard InChI is InChI=1S/C32H59N4O7P/c1-3-5-6-7-8-9-10-11-12-13-14-15-16-17-20-41-21-18-22-43-44(40,42-4-2)23-19-28(26-37)33-24-27-25-34-30-29(27)35-32(39)36-31(30)38/h25,28,33-34,37H,3-24,26H2,1-2H3,(H2,35,36,38,39)/t28-,44?/m0/s1. The SMILES string of the molecule is CCCCCCCCCCCCCCCCOCCCOP(=O)(CC[C@@H](CO)NCc1c[nH]c2c(=O)[nH]c(=O)[nH]c12)OCC. The number of unbranched alkanes of at least 4 members (excludes halogenated alkanes) is 13. The van der Waals surface area contributed by atoms with Crippen LogP contribution in [0.2, 0.25) is 0 Å². The van der Waals surface area contributed by atoms with Crippen LogP contribution < -0.4 is 16.6 Å². The second kappa shape index (κ2) is 23.6.